The first-order valence-corrected chi connectivity index (χ1v) is 5.73. The Balaban J connectivity index is 2.30. The summed E-state index contributed by atoms with van der Waals surface area (Å²) in [6.07, 6.45) is 0.470. The van der Waals surface area contributed by atoms with E-state index in [1.54, 1.807) is 10.8 Å². The Kier molecular flexibility index (Phi) is 3.43. The molecule has 1 aromatic rings. The van der Waals surface area contributed by atoms with Crippen molar-refractivity contribution in [3.05, 3.63) is 16.5 Å². The van der Waals surface area contributed by atoms with Gasteiger partial charge in [0.15, 0.2) is 0 Å². The molecule has 94 valence electrons. The highest BCUT2D eigenvalue weighted by atomic mass is 32.1. The van der Waals surface area contributed by atoms with E-state index in [-0.39, 0.29) is 6.61 Å². The summed E-state index contributed by atoms with van der Waals surface area (Å²) in [4.78, 5) is 4.03. The van der Waals surface area contributed by atoms with Crippen LogP contribution in [0.15, 0.2) is 6.20 Å². The summed E-state index contributed by atoms with van der Waals surface area (Å²) < 4.78 is 7.46. The van der Waals surface area contributed by atoms with Gasteiger partial charge in [0.05, 0.1) is 12.7 Å². The number of aliphatic hydroxyl groups excluding tert-OH is 2. The van der Waals surface area contributed by atoms with E-state index in [1.807, 2.05) is 6.92 Å². The van der Waals surface area contributed by atoms with Crippen molar-refractivity contribution in [3.8, 4) is 0 Å². The molecule has 0 radical (unpaired) electrons. The highest BCUT2D eigenvalue weighted by Crippen LogP contribution is 2.29. The summed E-state index contributed by atoms with van der Waals surface area (Å²) in [6, 6.07) is 0. The standard InChI is InChI=1S/C10H15N3O3S/c1-5-3-13(10(17)12-9(5)11)8-2-6(15)7(4-14)16-8/h3,6-8,14-15H,2,4H2,1H3,(H2,11,12,17)/t6-,7+,8-/m1/s1. The number of ether oxygens (including phenoxy) is 1. The third kappa shape index (κ3) is 2.32. The van der Waals surface area contributed by atoms with E-state index in [0.29, 0.717) is 17.0 Å². The Labute approximate surface area is 104 Å². The fourth-order valence-electron chi connectivity index (χ4n) is 1.84. The maximum atomic E-state index is 9.66. The molecule has 0 spiro atoms. The molecule has 1 aromatic heterocycles. The van der Waals surface area contributed by atoms with E-state index in [2.05, 4.69) is 4.98 Å². The minimum atomic E-state index is -0.690. The summed E-state index contributed by atoms with van der Waals surface area (Å²) in [5.74, 6) is 0.392. The maximum Gasteiger partial charge on any atom is 0.203 e. The van der Waals surface area contributed by atoms with E-state index >= 15 is 0 Å². The molecule has 2 heterocycles. The molecule has 4 N–H and O–H groups in total. The summed E-state index contributed by atoms with van der Waals surface area (Å²) in [6.45, 7) is 1.61. The maximum absolute atomic E-state index is 9.66. The van der Waals surface area contributed by atoms with Crippen LogP contribution in [-0.2, 0) is 4.74 Å². The van der Waals surface area contributed by atoms with Crippen molar-refractivity contribution in [1.82, 2.24) is 9.55 Å². The lowest BCUT2D eigenvalue weighted by atomic mass is 10.2. The van der Waals surface area contributed by atoms with E-state index in [4.69, 9.17) is 27.8 Å². The highest BCUT2D eigenvalue weighted by molar-refractivity contribution is 7.71. The van der Waals surface area contributed by atoms with Crippen molar-refractivity contribution in [1.29, 1.82) is 0 Å². The van der Waals surface area contributed by atoms with Gasteiger partial charge in [-0.2, -0.15) is 0 Å². The minimum absolute atomic E-state index is 0.216. The third-order valence-electron chi connectivity index (χ3n) is 2.87. The quantitative estimate of drug-likeness (QED) is 0.653. The first-order valence-electron chi connectivity index (χ1n) is 5.32. The van der Waals surface area contributed by atoms with Gasteiger partial charge in [0.2, 0.25) is 4.77 Å². The number of hydrogen-bond acceptors (Lipinski definition) is 6. The molecule has 1 aliphatic heterocycles. The van der Waals surface area contributed by atoms with Gasteiger partial charge in [-0.1, -0.05) is 0 Å². The normalized spacial score (nSPS) is 28.5. The van der Waals surface area contributed by atoms with E-state index in [0.717, 1.165) is 5.56 Å². The van der Waals surface area contributed by atoms with Crippen LogP contribution in [0.1, 0.15) is 18.2 Å². The van der Waals surface area contributed by atoms with E-state index in [9.17, 15) is 5.11 Å². The van der Waals surface area contributed by atoms with Crippen LogP contribution in [0.5, 0.6) is 0 Å². The molecule has 1 aliphatic rings. The average Bonchev–Trinajstić information content (AvgIpc) is 2.65. The molecule has 6 nitrogen and oxygen atoms in total. The summed E-state index contributed by atoms with van der Waals surface area (Å²) in [5.41, 5.74) is 6.44. The van der Waals surface area contributed by atoms with Crippen molar-refractivity contribution in [3.63, 3.8) is 0 Å². The zero-order chi connectivity index (χ0) is 12.6. The van der Waals surface area contributed by atoms with Crippen LogP contribution < -0.4 is 5.73 Å². The molecular weight excluding hydrogens is 242 g/mol. The van der Waals surface area contributed by atoms with Crippen LogP contribution in [0, 0.1) is 11.7 Å². The lowest BCUT2D eigenvalue weighted by Crippen LogP contribution is -2.24. The summed E-state index contributed by atoms with van der Waals surface area (Å²) >= 11 is 5.10. The number of nitrogens with two attached hydrogens (primary N) is 1. The zero-order valence-electron chi connectivity index (χ0n) is 9.41. The molecular formula is C10H15N3O3S. The summed E-state index contributed by atoms with van der Waals surface area (Å²) in [7, 11) is 0. The van der Waals surface area contributed by atoms with Gasteiger partial charge in [-0.3, -0.25) is 4.57 Å². The molecule has 7 heteroatoms. The summed E-state index contributed by atoms with van der Waals surface area (Å²) in [5, 5.41) is 18.7. The van der Waals surface area contributed by atoms with Crippen molar-refractivity contribution in [2.24, 2.45) is 0 Å². The lowest BCUT2D eigenvalue weighted by molar-refractivity contribution is -0.0452. The number of nitrogens with zero attached hydrogens (tertiary/aromatic N) is 2. The van der Waals surface area contributed by atoms with Gasteiger partial charge in [0.25, 0.3) is 0 Å². The largest absolute Gasteiger partial charge is 0.394 e. The Morgan fingerprint density at radius 3 is 3.00 bits per heavy atom. The number of anilines is 1. The number of aliphatic hydroxyl groups is 2. The number of rotatable bonds is 2. The second-order valence-electron chi connectivity index (χ2n) is 4.11. The topological polar surface area (TPSA) is 93.5 Å². The fourth-order valence-corrected chi connectivity index (χ4v) is 2.10. The second-order valence-corrected chi connectivity index (χ2v) is 4.48. The van der Waals surface area contributed by atoms with Crippen molar-refractivity contribution in [2.45, 2.75) is 31.8 Å². The molecule has 3 atom stereocenters. The van der Waals surface area contributed by atoms with Gasteiger partial charge in [-0.05, 0) is 19.1 Å². The highest BCUT2D eigenvalue weighted by Gasteiger charge is 2.34. The van der Waals surface area contributed by atoms with Gasteiger partial charge in [0.1, 0.15) is 18.1 Å². The molecule has 17 heavy (non-hydrogen) atoms. The first kappa shape index (κ1) is 12.4. The molecule has 0 aromatic carbocycles. The third-order valence-corrected chi connectivity index (χ3v) is 3.17. The van der Waals surface area contributed by atoms with Gasteiger partial charge in [0, 0.05) is 18.2 Å². The van der Waals surface area contributed by atoms with Crippen LogP contribution in [0.3, 0.4) is 0 Å². The van der Waals surface area contributed by atoms with Crippen LogP contribution >= 0.6 is 12.2 Å². The first-order chi connectivity index (χ1) is 8.02. The smallest absolute Gasteiger partial charge is 0.203 e. The molecule has 1 saturated heterocycles. The average molecular weight is 257 g/mol. The van der Waals surface area contributed by atoms with Crippen molar-refractivity contribution in [2.75, 3.05) is 12.3 Å². The molecule has 2 rings (SSSR count). The lowest BCUT2D eigenvalue weighted by Gasteiger charge is -2.16. The van der Waals surface area contributed by atoms with Crippen LogP contribution in [-0.4, -0.2) is 38.6 Å². The Morgan fingerprint density at radius 2 is 2.41 bits per heavy atom. The fraction of sp³-hybridized carbons (Fsp3) is 0.600. The van der Waals surface area contributed by atoms with Gasteiger partial charge in [-0.25, -0.2) is 4.98 Å². The Hall–Kier alpha value is -1.02. The number of aromatic nitrogens is 2. The van der Waals surface area contributed by atoms with Crippen molar-refractivity contribution < 1.29 is 14.9 Å². The van der Waals surface area contributed by atoms with Gasteiger partial charge < -0.3 is 20.7 Å². The monoisotopic (exact) mass is 257 g/mol. The molecule has 0 saturated carbocycles. The van der Waals surface area contributed by atoms with E-state index < -0.39 is 18.4 Å². The second kappa shape index (κ2) is 4.69. The zero-order valence-corrected chi connectivity index (χ0v) is 10.2. The molecule has 0 amide bonds. The SMILES string of the molecule is Cc1cn([C@H]2C[C@@H](O)[C@H](CO)O2)c(=S)nc1N. The van der Waals surface area contributed by atoms with Crippen LogP contribution in [0.4, 0.5) is 5.82 Å². The van der Waals surface area contributed by atoms with Gasteiger partial charge >= 0.3 is 0 Å². The molecule has 1 fully saturated rings. The number of nitrogen functional groups attached to an aromatic ring is 1. The molecule has 0 unspecified atom stereocenters. The minimum Gasteiger partial charge on any atom is -0.394 e. The van der Waals surface area contributed by atoms with Crippen molar-refractivity contribution >= 4 is 18.0 Å². The van der Waals surface area contributed by atoms with E-state index in [1.165, 1.54) is 0 Å². The Morgan fingerprint density at radius 1 is 1.71 bits per heavy atom. The Bertz CT molecular complexity index is 476. The predicted molar refractivity (Wildman–Crippen MR) is 63.8 cm³/mol. The van der Waals surface area contributed by atoms with Crippen LogP contribution in [0.25, 0.3) is 0 Å². The van der Waals surface area contributed by atoms with Crippen LogP contribution in [0.2, 0.25) is 0 Å². The number of hydrogen-bond donors (Lipinski definition) is 3. The number of aryl methyl sites for hydroxylation is 1. The van der Waals surface area contributed by atoms with Gasteiger partial charge in [-0.15, -0.1) is 0 Å². The predicted octanol–water partition coefficient (Wildman–Crippen LogP) is 0.144. The molecule has 0 aliphatic carbocycles. The molecule has 0 bridgehead atoms.